The molecule has 0 aliphatic heterocycles. The monoisotopic (exact) mass is 223 g/mol. The first-order chi connectivity index (χ1) is 6.79. The molecule has 1 aromatic carbocycles. The largest absolute Gasteiger partial charge is 0.497 e. The van der Waals surface area contributed by atoms with Crippen molar-refractivity contribution < 1.29 is 4.74 Å². The molecule has 0 saturated carbocycles. The van der Waals surface area contributed by atoms with Gasteiger partial charge >= 0.3 is 10.3 Å². The molecule has 0 atom stereocenters. The molecule has 0 N–H and O–H groups in total. The molecule has 1 aromatic heterocycles. The van der Waals surface area contributed by atoms with Crippen LogP contribution in [0.1, 0.15) is 4.88 Å². The van der Waals surface area contributed by atoms with Crippen LogP contribution in [0.25, 0.3) is 10.4 Å². The van der Waals surface area contributed by atoms with Crippen molar-refractivity contribution in [3.8, 4) is 16.2 Å². The van der Waals surface area contributed by atoms with Gasteiger partial charge in [0, 0.05) is 11.6 Å². The van der Waals surface area contributed by atoms with Crippen LogP contribution in [0.4, 0.5) is 0 Å². The van der Waals surface area contributed by atoms with Crippen LogP contribution >= 0.6 is 20.7 Å². The first-order valence-corrected chi connectivity index (χ1v) is 6.49. The summed E-state index contributed by atoms with van der Waals surface area (Å²) in [6, 6.07) is 10.4. The van der Waals surface area contributed by atoms with Gasteiger partial charge in [-0.2, -0.15) is 0 Å². The fraction of sp³-hybridized carbons (Fsp3) is 0.182. The summed E-state index contributed by atoms with van der Waals surface area (Å²) in [5, 5.41) is 0. The average Bonchev–Trinajstić information content (AvgIpc) is 2.65. The lowest BCUT2D eigenvalue weighted by molar-refractivity contribution is 0.415. The van der Waals surface area contributed by atoms with Crippen LogP contribution in [0.3, 0.4) is 0 Å². The SMILES string of the molecule is COc1ccc(-c2cc(C)s[s+]2)cc1. The molecule has 0 aliphatic rings. The summed E-state index contributed by atoms with van der Waals surface area (Å²) in [7, 11) is 5.32. The molecule has 2 rings (SSSR count). The van der Waals surface area contributed by atoms with E-state index >= 15 is 0 Å². The first-order valence-electron chi connectivity index (χ1n) is 4.34. The van der Waals surface area contributed by atoms with E-state index in [-0.39, 0.29) is 0 Å². The van der Waals surface area contributed by atoms with Gasteiger partial charge in [0.15, 0.2) is 10.3 Å². The minimum Gasteiger partial charge on any atom is -0.497 e. The number of ether oxygens (including phenoxy) is 1. The maximum Gasteiger partial charge on any atom is 0.300 e. The number of benzene rings is 1. The predicted octanol–water partition coefficient (Wildman–Crippen LogP) is 4.07. The molecular weight excluding hydrogens is 212 g/mol. The maximum absolute atomic E-state index is 5.12. The van der Waals surface area contributed by atoms with Crippen LogP contribution in [0.2, 0.25) is 0 Å². The Morgan fingerprint density at radius 2 is 1.93 bits per heavy atom. The predicted molar refractivity (Wildman–Crippen MR) is 63.3 cm³/mol. The Kier molecular flexibility index (Phi) is 2.79. The number of methoxy groups -OCH3 is 1. The zero-order chi connectivity index (χ0) is 9.97. The molecule has 14 heavy (non-hydrogen) atoms. The summed E-state index contributed by atoms with van der Waals surface area (Å²) >= 11 is 0. The van der Waals surface area contributed by atoms with Gasteiger partial charge in [0.1, 0.15) is 5.75 Å². The van der Waals surface area contributed by atoms with Crippen LogP contribution < -0.4 is 4.74 Å². The molecule has 2 aromatic rings. The van der Waals surface area contributed by atoms with Crippen molar-refractivity contribution in [2.45, 2.75) is 6.92 Å². The minimum atomic E-state index is 0.908. The van der Waals surface area contributed by atoms with E-state index in [2.05, 4.69) is 25.1 Å². The highest BCUT2D eigenvalue weighted by Crippen LogP contribution is 2.31. The van der Waals surface area contributed by atoms with Crippen molar-refractivity contribution in [1.82, 2.24) is 0 Å². The third kappa shape index (κ3) is 1.94. The summed E-state index contributed by atoms with van der Waals surface area (Å²) in [5.74, 6) is 0.908. The summed E-state index contributed by atoms with van der Waals surface area (Å²) in [6.45, 7) is 2.13. The van der Waals surface area contributed by atoms with Crippen molar-refractivity contribution in [2.24, 2.45) is 0 Å². The molecule has 0 radical (unpaired) electrons. The molecule has 0 aliphatic carbocycles. The van der Waals surface area contributed by atoms with E-state index in [0.29, 0.717) is 0 Å². The number of hydrogen-bond acceptors (Lipinski definition) is 2. The summed E-state index contributed by atoms with van der Waals surface area (Å²) in [6.07, 6.45) is 0. The lowest BCUT2D eigenvalue weighted by Crippen LogP contribution is -1.81. The molecular formula is C11H11OS2+. The second-order valence-electron chi connectivity index (χ2n) is 3.01. The highest BCUT2D eigenvalue weighted by atomic mass is 32.9. The number of rotatable bonds is 2. The van der Waals surface area contributed by atoms with E-state index < -0.39 is 0 Å². The third-order valence-corrected chi connectivity index (χ3v) is 4.55. The van der Waals surface area contributed by atoms with E-state index in [1.54, 1.807) is 7.11 Å². The summed E-state index contributed by atoms with van der Waals surface area (Å²) in [4.78, 5) is 2.69. The van der Waals surface area contributed by atoms with Gasteiger partial charge in [0.2, 0.25) is 0 Å². The van der Waals surface area contributed by atoms with Gasteiger partial charge in [-0.3, -0.25) is 0 Å². The number of aryl methyl sites for hydroxylation is 1. The molecule has 0 unspecified atom stereocenters. The molecule has 0 spiro atoms. The van der Waals surface area contributed by atoms with Crippen LogP contribution in [0, 0.1) is 6.92 Å². The Labute approximate surface area is 91.0 Å². The topological polar surface area (TPSA) is 9.23 Å². The fourth-order valence-corrected chi connectivity index (χ4v) is 3.39. The Morgan fingerprint density at radius 1 is 1.21 bits per heavy atom. The van der Waals surface area contributed by atoms with Gasteiger partial charge in [-0.25, -0.2) is 0 Å². The summed E-state index contributed by atoms with van der Waals surface area (Å²) in [5.41, 5.74) is 1.26. The van der Waals surface area contributed by atoms with Crippen molar-refractivity contribution in [3.05, 3.63) is 35.2 Å². The van der Waals surface area contributed by atoms with E-state index in [4.69, 9.17) is 4.74 Å². The van der Waals surface area contributed by atoms with Gasteiger partial charge in [0.05, 0.1) is 12.0 Å². The van der Waals surface area contributed by atoms with Crippen molar-refractivity contribution in [2.75, 3.05) is 7.11 Å². The highest BCUT2D eigenvalue weighted by Gasteiger charge is 2.13. The van der Waals surface area contributed by atoms with Gasteiger partial charge < -0.3 is 4.74 Å². The van der Waals surface area contributed by atoms with Crippen LogP contribution in [-0.4, -0.2) is 7.11 Å². The number of hydrogen-bond donors (Lipinski definition) is 0. The molecule has 1 nitrogen and oxygen atoms in total. The van der Waals surface area contributed by atoms with E-state index in [9.17, 15) is 0 Å². The van der Waals surface area contributed by atoms with Crippen LogP contribution in [0.15, 0.2) is 30.3 Å². The molecule has 0 fully saturated rings. The van der Waals surface area contributed by atoms with Gasteiger partial charge in [-0.15, -0.1) is 0 Å². The minimum absolute atomic E-state index is 0.908. The maximum atomic E-state index is 5.12. The van der Waals surface area contributed by atoms with Crippen LogP contribution in [-0.2, 0) is 0 Å². The molecule has 72 valence electrons. The molecule has 0 amide bonds. The zero-order valence-electron chi connectivity index (χ0n) is 8.11. The standard InChI is InChI=1S/C11H11OS2/c1-8-7-11(14-13-8)9-3-5-10(12-2)6-4-9/h3-7H,1-2H3/q+1. The molecule has 0 bridgehead atoms. The van der Waals surface area contributed by atoms with Gasteiger partial charge in [0.25, 0.3) is 4.88 Å². The van der Waals surface area contributed by atoms with E-state index in [1.165, 1.54) is 15.3 Å². The lowest BCUT2D eigenvalue weighted by Gasteiger charge is -1.97. The van der Waals surface area contributed by atoms with Crippen LogP contribution in [0.5, 0.6) is 5.75 Å². The Bertz CT molecular complexity index is 417. The summed E-state index contributed by atoms with van der Waals surface area (Å²) < 4.78 is 5.12. The van der Waals surface area contributed by atoms with Crippen molar-refractivity contribution in [3.63, 3.8) is 0 Å². The Balaban J connectivity index is 2.33. The van der Waals surface area contributed by atoms with Gasteiger partial charge in [-0.1, -0.05) is 0 Å². The zero-order valence-corrected chi connectivity index (χ0v) is 9.74. The molecule has 1 heterocycles. The first kappa shape index (κ1) is 9.62. The second kappa shape index (κ2) is 4.07. The Hall–Kier alpha value is -0.930. The lowest BCUT2D eigenvalue weighted by atomic mass is 10.2. The Morgan fingerprint density at radius 3 is 2.43 bits per heavy atom. The van der Waals surface area contributed by atoms with Gasteiger partial charge in [-0.05, 0) is 31.2 Å². The average molecular weight is 223 g/mol. The highest BCUT2D eigenvalue weighted by molar-refractivity contribution is 7.70. The van der Waals surface area contributed by atoms with E-state index in [0.717, 1.165) is 5.75 Å². The molecule has 3 heteroatoms. The quantitative estimate of drug-likeness (QED) is 0.550. The normalized spacial score (nSPS) is 10.1. The molecule has 0 saturated heterocycles. The van der Waals surface area contributed by atoms with Crippen molar-refractivity contribution >= 4 is 20.7 Å². The smallest absolute Gasteiger partial charge is 0.300 e. The third-order valence-electron chi connectivity index (χ3n) is 1.97. The fourth-order valence-electron chi connectivity index (χ4n) is 1.23. The second-order valence-corrected chi connectivity index (χ2v) is 5.43. The van der Waals surface area contributed by atoms with E-state index in [1.807, 2.05) is 32.8 Å². The van der Waals surface area contributed by atoms with Crippen molar-refractivity contribution in [1.29, 1.82) is 0 Å².